The van der Waals surface area contributed by atoms with Gasteiger partial charge in [-0.3, -0.25) is 14.4 Å². The third kappa shape index (κ3) is 7.28. The minimum Gasteiger partial charge on any atom is -0.356 e. The molecule has 0 aliphatic carbocycles. The van der Waals surface area contributed by atoms with Gasteiger partial charge in [-0.05, 0) is 57.4 Å². The predicted molar refractivity (Wildman–Crippen MR) is 114 cm³/mol. The normalized spacial score (nSPS) is 22.3. The average molecular weight is 409 g/mol. The molecule has 0 aromatic heterocycles. The van der Waals surface area contributed by atoms with E-state index in [0.29, 0.717) is 12.5 Å². The van der Waals surface area contributed by atoms with E-state index in [-0.39, 0.29) is 23.3 Å². The molecule has 2 heterocycles. The van der Waals surface area contributed by atoms with Gasteiger partial charge in [0, 0.05) is 38.1 Å². The molecule has 166 valence electrons. The van der Waals surface area contributed by atoms with Gasteiger partial charge in [-0.15, -0.1) is 0 Å². The Kier molecular flexibility index (Phi) is 8.93. The lowest BCUT2D eigenvalue weighted by molar-refractivity contribution is -0.140. The molecule has 0 radical (unpaired) electrons. The molecule has 0 saturated carbocycles. The van der Waals surface area contributed by atoms with E-state index >= 15 is 0 Å². The zero-order valence-corrected chi connectivity index (χ0v) is 18.7. The molecule has 3 amide bonds. The van der Waals surface area contributed by atoms with Gasteiger partial charge in [0.1, 0.15) is 6.04 Å². The van der Waals surface area contributed by atoms with E-state index in [1.807, 2.05) is 25.7 Å². The van der Waals surface area contributed by atoms with Crippen molar-refractivity contribution in [2.24, 2.45) is 5.41 Å². The van der Waals surface area contributed by atoms with E-state index in [0.717, 1.165) is 71.1 Å². The van der Waals surface area contributed by atoms with Gasteiger partial charge in [0.05, 0.1) is 0 Å². The highest BCUT2D eigenvalue weighted by Gasteiger charge is 2.38. The minimum atomic E-state index is -0.472. The van der Waals surface area contributed by atoms with Crippen molar-refractivity contribution in [2.45, 2.75) is 90.8 Å². The Labute approximate surface area is 175 Å². The largest absolute Gasteiger partial charge is 0.356 e. The summed E-state index contributed by atoms with van der Waals surface area (Å²) < 4.78 is 0. The number of unbranched alkanes of at least 4 members (excludes halogenated alkanes) is 1. The van der Waals surface area contributed by atoms with E-state index in [4.69, 9.17) is 0 Å². The minimum absolute atomic E-state index is 0.0287. The van der Waals surface area contributed by atoms with Gasteiger partial charge in [-0.2, -0.15) is 0 Å². The van der Waals surface area contributed by atoms with Gasteiger partial charge in [0.2, 0.25) is 18.2 Å². The highest BCUT2D eigenvalue weighted by molar-refractivity contribution is 5.88. The lowest BCUT2D eigenvalue weighted by atomic mass is 9.85. The van der Waals surface area contributed by atoms with E-state index in [1.54, 1.807) is 0 Å². The summed E-state index contributed by atoms with van der Waals surface area (Å²) in [5.74, 6) is 0.0293. The van der Waals surface area contributed by atoms with Crippen LogP contribution < -0.4 is 10.6 Å². The Bertz CT molecular complexity index is 553. The lowest BCUT2D eigenvalue weighted by Crippen LogP contribution is -2.55. The molecule has 7 heteroatoms. The fraction of sp³-hybridized carbons (Fsp3) is 0.864. The van der Waals surface area contributed by atoms with Crippen molar-refractivity contribution < 1.29 is 14.4 Å². The molecule has 7 nitrogen and oxygen atoms in total. The molecule has 2 unspecified atom stereocenters. The SMILES string of the molecule is CC1CCCN1C(=O)C(NC(=O)CCCCN1CCC(NC=O)CC1)C(C)(C)C. The second-order valence-electron chi connectivity index (χ2n) is 9.75. The number of hydrogen-bond donors (Lipinski definition) is 2. The summed E-state index contributed by atoms with van der Waals surface area (Å²) in [5.41, 5.74) is -0.311. The number of amides is 3. The van der Waals surface area contributed by atoms with Gasteiger partial charge in [0.15, 0.2) is 0 Å². The quantitative estimate of drug-likeness (QED) is 0.451. The molecular formula is C22H40N4O3. The maximum Gasteiger partial charge on any atom is 0.245 e. The second-order valence-corrected chi connectivity index (χ2v) is 9.75. The highest BCUT2D eigenvalue weighted by atomic mass is 16.2. The van der Waals surface area contributed by atoms with Crippen molar-refractivity contribution in [2.75, 3.05) is 26.2 Å². The van der Waals surface area contributed by atoms with Gasteiger partial charge in [-0.25, -0.2) is 0 Å². The first-order valence-electron chi connectivity index (χ1n) is 11.2. The molecule has 29 heavy (non-hydrogen) atoms. The molecule has 0 aromatic carbocycles. The fourth-order valence-electron chi connectivity index (χ4n) is 4.35. The number of nitrogens with zero attached hydrogens (tertiary/aromatic N) is 2. The van der Waals surface area contributed by atoms with Gasteiger partial charge in [0.25, 0.3) is 0 Å². The van der Waals surface area contributed by atoms with Crippen LogP contribution >= 0.6 is 0 Å². The summed E-state index contributed by atoms with van der Waals surface area (Å²) in [4.78, 5) is 40.4. The van der Waals surface area contributed by atoms with Crippen molar-refractivity contribution in [3.05, 3.63) is 0 Å². The van der Waals surface area contributed by atoms with Crippen molar-refractivity contribution in [1.82, 2.24) is 20.4 Å². The van der Waals surface area contributed by atoms with Crippen molar-refractivity contribution >= 4 is 18.2 Å². The molecule has 2 rings (SSSR count). The van der Waals surface area contributed by atoms with Crippen LogP contribution in [0.5, 0.6) is 0 Å². The summed E-state index contributed by atoms with van der Waals surface area (Å²) in [6.07, 6.45) is 7.10. The zero-order chi connectivity index (χ0) is 21.4. The van der Waals surface area contributed by atoms with Crippen LogP contribution in [-0.4, -0.2) is 72.3 Å². The maximum atomic E-state index is 13.0. The monoisotopic (exact) mass is 408 g/mol. The maximum absolute atomic E-state index is 13.0. The molecule has 2 aliphatic heterocycles. The molecular weight excluding hydrogens is 368 g/mol. The van der Waals surface area contributed by atoms with Crippen LogP contribution in [0, 0.1) is 5.41 Å². The number of hydrogen-bond acceptors (Lipinski definition) is 4. The molecule has 0 aromatic rings. The van der Waals surface area contributed by atoms with Crippen molar-refractivity contribution in [1.29, 1.82) is 0 Å². The number of carbonyl (C=O) groups is 3. The average Bonchev–Trinajstić information content (AvgIpc) is 3.09. The summed E-state index contributed by atoms with van der Waals surface area (Å²) in [6, 6.07) is 0.0924. The van der Waals surface area contributed by atoms with Crippen LogP contribution in [0.1, 0.15) is 72.6 Å². The number of piperidine rings is 1. The van der Waals surface area contributed by atoms with E-state index in [9.17, 15) is 14.4 Å². The van der Waals surface area contributed by atoms with Gasteiger partial charge >= 0.3 is 0 Å². The first kappa shape index (κ1) is 23.6. The smallest absolute Gasteiger partial charge is 0.245 e. The summed E-state index contributed by atoms with van der Waals surface area (Å²) >= 11 is 0. The summed E-state index contributed by atoms with van der Waals surface area (Å²) in [5, 5.41) is 5.89. The summed E-state index contributed by atoms with van der Waals surface area (Å²) in [6.45, 7) is 11.9. The van der Waals surface area contributed by atoms with E-state index < -0.39 is 6.04 Å². The standard InChI is InChI=1S/C22H40N4O3/c1-17-8-7-13-26(17)21(29)20(22(2,3)4)24-19(28)9-5-6-12-25-14-10-18(11-15-25)23-16-27/h16-18,20H,5-15H2,1-4H3,(H,23,27)(H,24,28). The number of rotatable bonds is 9. The number of carbonyl (C=O) groups excluding carboxylic acids is 3. The molecule has 2 fully saturated rings. The van der Waals surface area contributed by atoms with Crippen LogP contribution in [0.2, 0.25) is 0 Å². The first-order chi connectivity index (χ1) is 13.7. The van der Waals surface area contributed by atoms with Crippen LogP contribution in [0.3, 0.4) is 0 Å². The molecule has 2 saturated heterocycles. The summed E-state index contributed by atoms with van der Waals surface area (Å²) in [7, 11) is 0. The molecule has 2 atom stereocenters. The Morgan fingerprint density at radius 1 is 1.10 bits per heavy atom. The van der Waals surface area contributed by atoms with Gasteiger partial charge < -0.3 is 20.4 Å². The third-order valence-corrected chi connectivity index (χ3v) is 6.27. The first-order valence-corrected chi connectivity index (χ1v) is 11.2. The molecule has 2 aliphatic rings. The molecule has 2 N–H and O–H groups in total. The van der Waals surface area contributed by atoms with Crippen LogP contribution in [-0.2, 0) is 14.4 Å². The molecule has 0 bridgehead atoms. The Morgan fingerprint density at radius 2 is 1.79 bits per heavy atom. The van der Waals surface area contributed by atoms with Gasteiger partial charge in [-0.1, -0.05) is 20.8 Å². The van der Waals surface area contributed by atoms with Crippen molar-refractivity contribution in [3.63, 3.8) is 0 Å². The Hall–Kier alpha value is -1.63. The van der Waals surface area contributed by atoms with Crippen LogP contribution in [0.15, 0.2) is 0 Å². The second kappa shape index (κ2) is 11.0. The van der Waals surface area contributed by atoms with E-state index in [2.05, 4.69) is 22.5 Å². The van der Waals surface area contributed by atoms with E-state index in [1.165, 1.54) is 0 Å². The third-order valence-electron chi connectivity index (χ3n) is 6.27. The lowest BCUT2D eigenvalue weighted by Gasteiger charge is -2.35. The van der Waals surface area contributed by atoms with Crippen LogP contribution in [0.25, 0.3) is 0 Å². The fourth-order valence-corrected chi connectivity index (χ4v) is 4.35. The highest BCUT2D eigenvalue weighted by Crippen LogP contribution is 2.25. The molecule has 0 spiro atoms. The Balaban J connectivity index is 1.72. The van der Waals surface area contributed by atoms with Crippen LogP contribution in [0.4, 0.5) is 0 Å². The Morgan fingerprint density at radius 3 is 2.34 bits per heavy atom. The topological polar surface area (TPSA) is 81.8 Å². The number of nitrogens with one attached hydrogen (secondary N) is 2. The predicted octanol–water partition coefficient (Wildman–Crippen LogP) is 1.91. The number of likely N-dealkylation sites (tertiary alicyclic amines) is 2. The van der Waals surface area contributed by atoms with Crippen molar-refractivity contribution in [3.8, 4) is 0 Å². The zero-order valence-electron chi connectivity index (χ0n) is 18.7.